The van der Waals surface area contributed by atoms with Crippen molar-refractivity contribution in [3.8, 4) is 5.75 Å². The van der Waals surface area contributed by atoms with Gasteiger partial charge in [0.1, 0.15) is 11.5 Å². The SMILES string of the molecule is COc1ccc(C(NC(=O)C2CC(=O)N(Cc3ccco3)C2)C2CC2)cc1. The van der Waals surface area contributed by atoms with E-state index in [0.29, 0.717) is 19.0 Å². The molecule has 27 heavy (non-hydrogen) atoms. The molecular weight excluding hydrogens is 344 g/mol. The van der Waals surface area contributed by atoms with Crippen molar-refractivity contribution in [1.29, 1.82) is 0 Å². The Balaban J connectivity index is 1.40. The van der Waals surface area contributed by atoms with Gasteiger partial charge in [-0.3, -0.25) is 9.59 Å². The third kappa shape index (κ3) is 3.99. The first kappa shape index (κ1) is 17.6. The highest BCUT2D eigenvalue weighted by Gasteiger charge is 2.38. The van der Waals surface area contributed by atoms with Crippen molar-refractivity contribution in [3.63, 3.8) is 0 Å². The molecule has 2 unspecified atom stereocenters. The third-order valence-electron chi connectivity index (χ3n) is 5.38. The van der Waals surface area contributed by atoms with Crippen LogP contribution in [0.25, 0.3) is 0 Å². The molecule has 2 atom stereocenters. The highest BCUT2D eigenvalue weighted by Crippen LogP contribution is 2.41. The molecule has 1 N–H and O–H groups in total. The normalized spacial score (nSPS) is 20.6. The van der Waals surface area contributed by atoms with Crippen LogP contribution in [0.4, 0.5) is 0 Å². The predicted octanol–water partition coefficient (Wildman–Crippen LogP) is 2.90. The monoisotopic (exact) mass is 368 g/mol. The summed E-state index contributed by atoms with van der Waals surface area (Å²) in [5.41, 5.74) is 1.09. The molecule has 2 aromatic rings. The number of hydrogen-bond acceptors (Lipinski definition) is 4. The molecule has 2 heterocycles. The van der Waals surface area contributed by atoms with Crippen LogP contribution in [-0.4, -0.2) is 30.4 Å². The fourth-order valence-electron chi connectivity index (χ4n) is 3.68. The minimum Gasteiger partial charge on any atom is -0.497 e. The molecule has 0 bridgehead atoms. The number of nitrogens with zero attached hydrogens (tertiary/aromatic N) is 1. The number of benzene rings is 1. The Labute approximate surface area is 158 Å². The molecular formula is C21H24N2O4. The Morgan fingerprint density at radius 1 is 1.30 bits per heavy atom. The maximum atomic E-state index is 12.8. The summed E-state index contributed by atoms with van der Waals surface area (Å²) in [5.74, 6) is 1.65. The molecule has 1 aliphatic heterocycles. The molecule has 1 aliphatic carbocycles. The fourth-order valence-corrected chi connectivity index (χ4v) is 3.68. The number of carbonyl (C=O) groups is 2. The van der Waals surface area contributed by atoms with Gasteiger partial charge in [0, 0.05) is 13.0 Å². The zero-order valence-electron chi connectivity index (χ0n) is 15.4. The second-order valence-electron chi connectivity index (χ2n) is 7.35. The Kier molecular flexibility index (Phi) is 4.88. The first-order valence-electron chi connectivity index (χ1n) is 9.38. The van der Waals surface area contributed by atoms with Crippen LogP contribution >= 0.6 is 0 Å². The molecule has 0 radical (unpaired) electrons. The summed E-state index contributed by atoms with van der Waals surface area (Å²) < 4.78 is 10.5. The van der Waals surface area contributed by atoms with Gasteiger partial charge >= 0.3 is 0 Å². The molecule has 6 heteroatoms. The molecule has 0 spiro atoms. The van der Waals surface area contributed by atoms with Crippen LogP contribution in [0.1, 0.15) is 36.6 Å². The molecule has 1 saturated carbocycles. The standard InChI is InChI=1S/C21H24N2O4/c1-26-17-8-6-15(7-9-17)20(14-4-5-14)22-21(25)16-11-19(24)23(12-16)13-18-3-2-10-27-18/h2-3,6-10,14,16,20H,4-5,11-13H2,1H3,(H,22,25). The number of methoxy groups -OCH3 is 1. The average molecular weight is 368 g/mol. The van der Waals surface area contributed by atoms with E-state index in [0.717, 1.165) is 29.9 Å². The molecule has 2 amide bonds. The molecule has 2 fully saturated rings. The van der Waals surface area contributed by atoms with Gasteiger partial charge in [-0.05, 0) is 48.6 Å². The Hall–Kier alpha value is -2.76. The van der Waals surface area contributed by atoms with E-state index in [9.17, 15) is 9.59 Å². The second-order valence-corrected chi connectivity index (χ2v) is 7.35. The zero-order chi connectivity index (χ0) is 18.8. The largest absolute Gasteiger partial charge is 0.497 e. The highest BCUT2D eigenvalue weighted by atomic mass is 16.5. The lowest BCUT2D eigenvalue weighted by atomic mass is 10.00. The van der Waals surface area contributed by atoms with Crippen LogP contribution < -0.4 is 10.1 Å². The second kappa shape index (κ2) is 7.47. The van der Waals surface area contributed by atoms with E-state index < -0.39 is 0 Å². The van der Waals surface area contributed by atoms with Crippen molar-refractivity contribution < 1.29 is 18.7 Å². The number of carbonyl (C=O) groups excluding carboxylic acids is 2. The maximum Gasteiger partial charge on any atom is 0.225 e. The van der Waals surface area contributed by atoms with Gasteiger partial charge in [0.25, 0.3) is 0 Å². The summed E-state index contributed by atoms with van der Waals surface area (Å²) >= 11 is 0. The fraction of sp³-hybridized carbons (Fsp3) is 0.429. The van der Waals surface area contributed by atoms with Crippen LogP contribution in [0.5, 0.6) is 5.75 Å². The van der Waals surface area contributed by atoms with Crippen molar-refractivity contribution in [2.75, 3.05) is 13.7 Å². The number of amides is 2. The summed E-state index contributed by atoms with van der Waals surface area (Å²) in [4.78, 5) is 26.8. The number of rotatable bonds is 7. The minimum atomic E-state index is -0.313. The molecule has 4 rings (SSSR count). The van der Waals surface area contributed by atoms with Gasteiger partial charge < -0.3 is 19.4 Å². The van der Waals surface area contributed by atoms with Crippen molar-refractivity contribution in [2.45, 2.75) is 31.8 Å². The smallest absolute Gasteiger partial charge is 0.225 e. The van der Waals surface area contributed by atoms with E-state index in [1.54, 1.807) is 24.3 Å². The van der Waals surface area contributed by atoms with Crippen LogP contribution in [0.2, 0.25) is 0 Å². The lowest BCUT2D eigenvalue weighted by Crippen LogP contribution is -2.36. The summed E-state index contributed by atoms with van der Waals surface area (Å²) in [5, 5.41) is 3.19. The molecule has 1 aromatic carbocycles. The number of furan rings is 1. The van der Waals surface area contributed by atoms with Crippen molar-refractivity contribution in [1.82, 2.24) is 10.2 Å². The molecule has 1 saturated heterocycles. The Morgan fingerprint density at radius 2 is 2.07 bits per heavy atom. The number of nitrogens with one attached hydrogen (secondary N) is 1. The van der Waals surface area contributed by atoms with Gasteiger partial charge in [0.05, 0.1) is 31.9 Å². The Morgan fingerprint density at radius 3 is 2.70 bits per heavy atom. The molecule has 142 valence electrons. The number of ether oxygens (including phenoxy) is 1. The first-order valence-corrected chi connectivity index (χ1v) is 9.38. The van der Waals surface area contributed by atoms with Crippen molar-refractivity contribution in [2.24, 2.45) is 11.8 Å². The van der Waals surface area contributed by atoms with Gasteiger partial charge in [0.15, 0.2) is 0 Å². The number of hydrogen-bond donors (Lipinski definition) is 1. The van der Waals surface area contributed by atoms with E-state index in [-0.39, 0.29) is 30.2 Å². The summed E-state index contributed by atoms with van der Waals surface area (Å²) in [7, 11) is 1.64. The zero-order valence-corrected chi connectivity index (χ0v) is 15.4. The van der Waals surface area contributed by atoms with Gasteiger partial charge in [-0.2, -0.15) is 0 Å². The lowest BCUT2D eigenvalue weighted by Gasteiger charge is -2.21. The van der Waals surface area contributed by atoms with Gasteiger partial charge in [0.2, 0.25) is 11.8 Å². The van der Waals surface area contributed by atoms with Crippen LogP contribution in [0.3, 0.4) is 0 Å². The van der Waals surface area contributed by atoms with Gasteiger partial charge in [-0.15, -0.1) is 0 Å². The van der Waals surface area contributed by atoms with Crippen molar-refractivity contribution >= 4 is 11.8 Å². The third-order valence-corrected chi connectivity index (χ3v) is 5.38. The highest BCUT2D eigenvalue weighted by molar-refractivity contribution is 5.89. The van der Waals surface area contributed by atoms with E-state index in [1.807, 2.05) is 30.3 Å². The molecule has 2 aliphatic rings. The summed E-state index contributed by atoms with van der Waals surface area (Å²) in [6.07, 6.45) is 4.08. The van der Waals surface area contributed by atoms with E-state index in [2.05, 4.69) is 5.32 Å². The predicted molar refractivity (Wildman–Crippen MR) is 98.8 cm³/mol. The van der Waals surface area contributed by atoms with E-state index in [1.165, 1.54) is 0 Å². The van der Waals surface area contributed by atoms with Crippen LogP contribution in [0, 0.1) is 11.8 Å². The quantitative estimate of drug-likeness (QED) is 0.816. The summed E-state index contributed by atoms with van der Waals surface area (Å²) in [6, 6.07) is 11.5. The minimum absolute atomic E-state index is 0.000954. The van der Waals surface area contributed by atoms with Gasteiger partial charge in [-0.1, -0.05) is 12.1 Å². The first-order chi connectivity index (χ1) is 13.1. The molecule has 1 aromatic heterocycles. The average Bonchev–Trinajstić information content (AvgIpc) is 3.27. The number of likely N-dealkylation sites (tertiary alicyclic amines) is 1. The summed E-state index contributed by atoms with van der Waals surface area (Å²) in [6.45, 7) is 0.853. The van der Waals surface area contributed by atoms with Crippen molar-refractivity contribution in [3.05, 3.63) is 54.0 Å². The van der Waals surface area contributed by atoms with E-state index in [4.69, 9.17) is 9.15 Å². The maximum absolute atomic E-state index is 12.8. The molecule has 6 nitrogen and oxygen atoms in total. The van der Waals surface area contributed by atoms with Crippen LogP contribution in [0.15, 0.2) is 47.1 Å². The lowest BCUT2D eigenvalue weighted by molar-refractivity contribution is -0.129. The van der Waals surface area contributed by atoms with E-state index >= 15 is 0 Å². The topological polar surface area (TPSA) is 71.8 Å². The Bertz CT molecular complexity index is 796. The van der Waals surface area contributed by atoms with Crippen LogP contribution in [-0.2, 0) is 16.1 Å². The van der Waals surface area contributed by atoms with Gasteiger partial charge in [-0.25, -0.2) is 0 Å².